The number of carboxylic acid groups (broad SMARTS) is 1. The fourth-order valence-corrected chi connectivity index (χ4v) is 2.38. The van der Waals surface area contributed by atoms with E-state index in [0.717, 1.165) is 0 Å². The summed E-state index contributed by atoms with van der Waals surface area (Å²) in [6.07, 6.45) is 1.05. The molecular formula is C17H23NO5. The van der Waals surface area contributed by atoms with E-state index in [1.807, 2.05) is 20.8 Å². The maximum Gasteiger partial charge on any atom is 0.410 e. The standard InChI is InChI=1S/C17H23NO5/c1-17(2,3)23-16(21)18-9-7-13(8-10-18)22-14-6-4-5-12(11-14)15(19)20/h4-6,11,13H,7-10H2,1-3H3,(H,19,20). The zero-order valence-electron chi connectivity index (χ0n) is 13.7. The molecule has 0 spiro atoms. The van der Waals surface area contributed by atoms with Crippen LogP contribution in [-0.4, -0.2) is 46.9 Å². The summed E-state index contributed by atoms with van der Waals surface area (Å²) < 4.78 is 11.2. The summed E-state index contributed by atoms with van der Waals surface area (Å²) in [5.41, 5.74) is -0.296. The highest BCUT2D eigenvalue weighted by Gasteiger charge is 2.27. The van der Waals surface area contributed by atoms with Gasteiger partial charge in [0.25, 0.3) is 0 Å². The van der Waals surface area contributed by atoms with Crippen molar-refractivity contribution in [1.29, 1.82) is 0 Å². The molecule has 6 heteroatoms. The zero-order valence-corrected chi connectivity index (χ0v) is 13.7. The maximum atomic E-state index is 12.0. The van der Waals surface area contributed by atoms with Crippen molar-refractivity contribution in [1.82, 2.24) is 4.90 Å². The van der Waals surface area contributed by atoms with Crippen LogP contribution in [0.3, 0.4) is 0 Å². The smallest absolute Gasteiger partial charge is 0.410 e. The molecule has 0 bridgehead atoms. The van der Waals surface area contributed by atoms with Gasteiger partial charge in [-0.05, 0) is 39.0 Å². The van der Waals surface area contributed by atoms with E-state index in [2.05, 4.69) is 0 Å². The maximum absolute atomic E-state index is 12.0. The Balaban J connectivity index is 1.86. The fourth-order valence-electron chi connectivity index (χ4n) is 2.38. The summed E-state index contributed by atoms with van der Waals surface area (Å²) in [4.78, 5) is 24.6. The van der Waals surface area contributed by atoms with Gasteiger partial charge in [-0.2, -0.15) is 0 Å². The van der Waals surface area contributed by atoms with Gasteiger partial charge in [0.15, 0.2) is 0 Å². The Bertz CT molecular complexity index is 571. The van der Waals surface area contributed by atoms with Gasteiger partial charge in [0, 0.05) is 25.9 Å². The van der Waals surface area contributed by atoms with Crippen molar-refractivity contribution >= 4 is 12.1 Å². The van der Waals surface area contributed by atoms with Crippen molar-refractivity contribution in [2.24, 2.45) is 0 Å². The Morgan fingerprint density at radius 3 is 2.43 bits per heavy atom. The second kappa shape index (κ2) is 6.89. The molecule has 2 rings (SSSR count). The Hall–Kier alpha value is -2.24. The highest BCUT2D eigenvalue weighted by Crippen LogP contribution is 2.21. The Labute approximate surface area is 136 Å². The van der Waals surface area contributed by atoms with E-state index >= 15 is 0 Å². The number of nitrogens with zero attached hydrogens (tertiary/aromatic N) is 1. The molecule has 1 aliphatic heterocycles. The van der Waals surface area contributed by atoms with Gasteiger partial charge in [-0.1, -0.05) is 6.07 Å². The van der Waals surface area contributed by atoms with Gasteiger partial charge < -0.3 is 19.5 Å². The molecule has 1 heterocycles. The Morgan fingerprint density at radius 1 is 1.22 bits per heavy atom. The van der Waals surface area contributed by atoms with Gasteiger partial charge in [0.1, 0.15) is 17.5 Å². The van der Waals surface area contributed by atoms with Crippen LogP contribution in [0.5, 0.6) is 5.75 Å². The van der Waals surface area contributed by atoms with Crippen LogP contribution in [0.15, 0.2) is 24.3 Å². The van der Waals surface area contributed by atoms with E-state index in [4.69, 9.17) is 14.6 Å². The Kier molecular flexibility index (Phi) is 5.13. The summed E-state index contributed by atoms with van der Waals surface area (Å²) in [7, 11) is 0. The number of carbonyl (C=O) groups is 2. The molecule has 0 radical (unpaired) electrons. The molecule has 0 atom stereocenters. The average molecular weight is 321 g/mol. The lowest BCUT2D eigenvalue weighted by Gasteiger charge is -2.33. The van der Waals surface area contributed by atoms with Gasteiger partial charge in [-0.25, -0.2) is 9.59 Å². The molecule has 1 aliphatic rings. The van der Waals surface area contributed by atoms with Crippen molar-refractivity contribution < 1.29 is 24.2 Å². The van der Waals surface area contributed by atoms with Crippen LogP contribution in [0.25, 0.3) is 0 Å². The van der Waals surface area contributed by atoms with Crippen LogP contribution in [-0.2, 0) is 4.74 Å². The van der Waals surface area contributed by atoms with Gasteiger partial charge in [0.05, 0.1) is 5.56 Å². The quantitative estimate of drug-likeness (QED) is 0.925. The molecule has 1 aromatic rings. The third-order valence-corrected chi connectivity index (χ3v) is 3.48. The van der Waals surface area contributed by atoms with Crippen LogP contribution in [0.1, 0.15) is 44.0 Å². The summed E-state index contributed by atoms with van der Waals surface area (Å²) >= 11 is 0. The minimum atomic E-state index is -0.977. The molecule has 1 fully saturated rings. The van der Waals surface area contributed by atoms with Crippen LogP contribution >= 0.6 is 0 Å². The van der Waals surface area contributed by atoms with Crippen LogP contribution < -0.4 is 4.74 Å². The summed E-state index contributed by atoms with van der Waals surface area (Å²) in [6, 6.07) is 6.45. The SMILES string of the molecule is CC(C)(C)OC(=O)N1CCC(Oc2cccc(C(=O)O)c2)CC1. The molecule has 6 nitrogen and oxygen atoms in total. The molecule has 0 saturated carbocycles. The normalized spacial score (nSPS) is 16.0. The number of amides is 1. The van der Waals surface area contributed by atoms with E-state index in [9.17, 15) is 9.59 Å². The number of piperidine rings is 1. The number of hydrogen-bond acceptors (Lipinski definition) is 4. The topological polar surface area (TPSA) is 76.1 Å². The minimum Gasteiger partial charge on any atom is -0.490 e. The van der Waals surface area contributed by atoms with Crippen molar-refractivity contribution in [3.8, 4) is 5.75 Å². The molecule has 23 heavy (non-hydrogen) atoms. The van der Waals surface area contributed by atoms with Gasteiger partial charge in [-0.3, -0.25) is 0 Å². The molecule has 1 amide bonds. The summed E-state index contributed by atoms with van der Waals surface area (Å²) in [5, 5.41) is 8.99. The number of likely N-dealkylation sites (tertiary alicyclic amines) is 1. The summed E-state index contributed by atoms with van der Waals surface area (Å²) in [6.45, 7) is 6.67. The number of ether oxygens (including phenoxy) is 2. The first kappa shape index (κ1) is 17.1. The predicted octanol–water partition coefficient (Wildman–Crippen LogP) is 3.16. The molecule has 0 unspecified atom stereocenters. The number of aromatic carboxylic acids is 1. The molecule has 0 aliphatic carbocycles. The molecule has 0 aromatic heterocycles. The first-order chi connectivity index (χ1) is 10.7. The van der Waals surface area contributed by atoms with Crippen molar-refractivity contribution in [3.05, 3.63) is 29.8 Å². The van der Waals surface area contributed by atoms with Crippen molar-refractivity contribution in [3.63, 3.8) is 0 Å². The number of hydrogen-bond donors (Lipinski definition) is 1. The molecular weight excluding hydrogens is 298 g/mol. The average Bonchev–Trinajstić information content (AvgIpc) is 2.46. The van der Waals surface area contributed by atoms with Crippen molar-refractivity contribution in [2.75, 3.05) is 13.1 Å². The fraction of sp³-hybridized carbons (Fsp3) is 0.529. The minimum absolute atomic E-state index is 0.0299. The van der Waals surface area contributed by atoms with Crippen LogP contribution in [0.4, 0.5) is 4.79 Å². The second-order valence-corrected chi connectivity index (χ2v) is 6.62. The van der Waals surface area contributed by atoms with E-state index in [1.54, 1.807) is 17.0 Å². The number of benzene rings is 1. The lowest BCUT2D eigenvalue weighted by molar-refractivity contribution is 0.0126. The summed E-state index contributed by atoms with van der Waals surface area (Å²) in [5.74, 6) is -0.434. The molecule has 1 N–H and O–H groups in total. The van der Waals surface area contributed by atoms with E-state index in [-0.39, 0.29) is 17.8 Å². The van der Waals surface area contributed by atoms with Gasteiger partial charge >= 0.3 is 12.1 Å². The number of rotatable bonds is 3. The molecule has 1 saturated heterocycles. The Morgan fingerprint density at radius 2 is 1.87 bits per heavy atom. The largest absolute Gasteiger partial charge is 0.490 e. The first-order valence-electron chi connectivity index (χ1n) is 7.72. The first-order valence-corrected chi connectivity index (χ1v) is 7.72. The molecule has 126 valence electrons. The zero-order chi connectivity index (χ0) is 17.0. The van der Waals surface area contributed by atoms with E-state index in [0.29, 0.717) is 31.7 Å². The predicted molar refractivity (Wildman–Crippen MR) is 84.9 cm³/mol. The van der Waals surface area contributed by atoms with Crippen molar-refractivity contribution in [2.45, 2.75) is 45.3 Å². The lowest BCUT2D eigenvalue weighted by atomic mass is 10.1. The van der Waals surface area contributed by atoms with Gasteiger partial charge in [0.2, 0.25) is 0 Å². The van der Waals surface area contributed by atoms with Crippen LogP contribution in [0.2, 0.25) is 0 Å². The third-order valence-electron chi connectivity index (χ3n) is 3.48. The monoisotopic (exact) mass is 321 g/mol. The number of carboxylic acids is 1. The second-order valence-electron chi connectivity index (χ2n) is 6.62. The third kappa shape index (κ3) is 5.16. The number of carbonyl (C=O) groups excluding carboxylic acids is 1. The van der Waals surface area contributed by atoms with E-state index < -0.39 is 11.6 Å². The van der Waals surface area contributed by atoms with E-state index in [1.165, 1.54) is 12.1 Å². The molecule has 1 aromatic carbocycles. The van der Waals surface area contributed by atoms with Gasteiger partial charge in [-0.15, -0.1) is 0 Å². The highest BCUT2D eigenvalue weighted by molar-refractivity contribution is 5.88. The lowest BCUT2D eigenvalue weighted by Crippen LogP contribution is -2.44. The highest BCUT2D eigenvalue weighted by atomic mass is 16.6. The van der Waals surface area contributed by atoms with Crippen LogP contribution in [0, 0.1) is 0 Å².